The summed E-state index contributed by atoms with van der Waals surface area (Å²) in [4.78, 5) is 16.9. The van der Waals surface area contributed by atoms with Gasteiger partial charge in [-0.15, -0.1) is 0 Å². The fraction of sp³-hybridized carbons (Fsp3) is 0.458. The fourth-order valence-electron chi connectivity index (χ4n) is 4.25. The second-order valence-corrected chi connectivity index (χ2v) is 10.5. The van der Waals surface area contributed by atoms with Crippen molar-refractivity contribution in [1.29, 1.82) is 0 Å². The topological polar surface area (TPSA) is 79.4 Å². The molecule has 1 amide bonds. The van der Waals surface area contributed by atoms with Crippen molar-refractivity contribution in [2.45, 2.75) is 26.3 Å². The highest BCUT2D eigenvalue weighted by molar-refractivity contribution is 7.92. The van der Waals surface area contributed by atoms with Crippen molar-refractivity contribution < 1.29 is 22.7 Å². The molecule has 2 aliphatic rings. The Bertz CT molecular complexity index is 1100. The minimum Gasteiger partial charge on any atom is -0.454 e. The summed E-state index contributed by atoms with van der Waals surface area (Å²) in [6, 6.07) is 13.4. The van der Waals surface area contributed by atoms with E-state index in [1.54, 1.807) is 6.07 Å². The lowest BCUT2D eigenvalue weighted by Gasteiger charge is -2.35. The summed E-state index contributed by atoms with van der Waals surface area (Å²) < 4.78 is 36.8. The summed E-state index contributed by atoms with van der Waals surface area (Å²) in [6.07, 6.45) is 2.02. The predicted octanol–water partition coefficient (Wildman–Crippen LogP) is 2.61. The number of nitrogens with zero attached hydrogens (tertiary/aromatic N) is 3. The molecule has 1 fully saturated rings. The lowest BCUT2D eigenvalue weighted by Crippen LogP contribution is -2.48. The molecule has 0 bridgehead atoms. The van der Waals surface area contributed by atoms with Crippen LogP contribution >= 0.6 is 0 Å². The first-order chi connectivity index (χ1) is 15.8. The molecule has 2 aromatic rings. The third-order valence-corrected chi connectivity index (χ3v) is 7.20. The Hall–Kier alpha value is -2.78. The molecular formula is C24H31N3O5S. The molecule has 0 aliphatic carbocycles. The minimum absolute atomic E-state index is 0.0791. The highest BCUT2D eigenvalue weighted by atomic mass is 32.2. The quantitative estimate of drug-likeness (QED) is 0.587. The fourth-order valence-corrected chi connectivity index (χ4v) is 5.21. The summed E-state index contributed by atoms with van der Waals surface area (Å²) >= 11 is 0. The Morgan fingerprint density at radius 1 is 1.03 bits per heavy atom. The average molecular weight is 474 g/mol. The number of amides is 1. The Morgan fingerprint density at radius 3 is 2.52 bits per heavy atom. The average Bonchev–Trinajstić information content (AvgIpc) is 3.24. The molecular weight excluding hydrogens is 442 g/mol. The highest BCUT2D eigenvalue weighted by Gasteiger charge is 2.23. The number of hydrogen-bond donors (Lipinski definition) is 0. The van der Waals surface area contributed by atoms with E-state index in [0.29, 0.717) is 31.6 Å². The maximum atomic E-state index is 12.7. The van der Waals surface area contributed by atoms with Gasteiger partial charge in [-0.3, -0.25) is 14.0 Å². The van der Waals surface area contributed by atoms with Gasteiger partial charge in [0, 0.05) is 45.7 Å². The van der Waals surface area contributed by atoms with Crippen LogP contribution in [0.5, 0.6) is 11.5 Å². The molecule has 0 radical (unpaired) electrons. The Labute approximate surface area is 195 Å². The third-order valence-electron chi connectivity index (χ3n) is 6.01. The number of fused-ring (bicyclic) bond motifs is 1. The number of carbonyl (C=O) groups is 1. The first-order valence-electron chi connectivity index (χ1n) is 11.2. The maximum Gasteiger partial charge on any atom is 0.232 e. The molecule has 4 rings (SSSR count). The summed E-state index contributed by atoms with van der Waals surface area (Å²) in [5.74, 6) is 1.65. The van der Waals surface area contributed by atoms with Crippen molar-refractivity contribution >= 4 is 21.6 Å². The van der Waals surface area contributed by atoms with Crippen molar-refractivity contribution in [1.82, 2.24) is 9.80 Å². The van der Waals surface area contributed by atoms with Crippen molar-refractivity contribution in [2.24, 2.45) is 0 Å². The van der Waals surface area contributed by atoms with E-state index in [4.69, 9.17) is 9.47 Å². The number of aryl methyl sites for hydroxylation is 1. The first-order valence-corrected chi connectivity index (χ1v) is 13.1. The Kier molecular flexibility index (Phi) is 7.09. The SMILES string of the molecule is Cc1cccc(N(CCCC(=O)N2CCN(Cc3ccc4c(c3)OCO4)CC2)S(C)(=O)=O)c1. The molecule has 0 spiro atoms. The van der Waals surface area contributed by atoms with Crippen LogP contribution in [0.15, 0.2) is 42.5 Å². The molecule has 9 heteroatoms. The number of ether oxygens (including phenoxy) is 2. The van der Waals surface area contributed by atoms with Crippen LogP contribution in [-0.4, -0.2) is 69.9 Å². The summed E-state index contributed by atoms with van der Waals surface area (Å²) in [7, 11) is -3.41. The van der Waals surface area contributed by atoms with E-state index in [1.165, 1.54) is 10.6 Å². The van der Waals surface area contributed by atoms with E-state index in [9.17, 15) is 13.2 Å². The second kappa shape index (κ2) is 10.0. The van der Waals surface area contributed by atoms with E-state index < -0.39 is 10.0 Å². The molecule has 1 saturated heterocycles. The number of carbonyl (C=O) groups excluding carboxylic acids is 1. The van der Waals surface area contributed by atoms with E-state index in [0.717, 1.165) is 42.3 Å². The molecule has 8 nitrogen and oxygen atoms in total. The van der Waals surface area contributed by atoms with Crippen LogP contribution in [0.4, 0.5) is 5.69 Å². The maximum absolute atomic E-state index is 12.7. The summed E-state index contributed by atoms with van der Waals surface area (Å²) in [5.41, 5.74) is 2.80. The van der Waals surface area contributed by atoms with Crippen LogP contribution in [0.2, 0.25) is 0 Å². The van der Waals surface area contributed by atoms with E-state index in [1.807, 2.05) is 48.2 Å². The normalized spacial score (nSPS) is 16.1. The number of piperazine rings is 1. The van der Waals surface area contributed by atoms with E-state index in [2.05, 4.69) is 4.90 Å². The second-order valence-electron chi connectivity index (χ2n) is 8.62. The van der Waals surface area contributed by atoms with Crippen LogP contribution in [-0.2, 0) is 21.4 Å². The van der Waals surface area contributed by atoms with Gasteiger partial charge in [-0.25, -0.2) is 8.42 Å². The Morgan fingerprint density at radius 2 is 1.79 bits per heavy atom. The number of rotatable bonds is 8. The largest absolute Gasteiger partial charge is 0.454 e. The number of benzene rings is 2. The van der Waals surface area contributed by atoms with Gasteiger partial charge < -0.3 is 14.4 Å². The van der Waals surface area contributed by atoms with Crippen LogP contribution in [0, 0.1) is 6.92 Å². The van der Waals surface area contributed by atoms with Gasteiger partial charge >= 0.3 is 0 Å². The minimum atomic E-state index is -3.41. The van der Waals surface area contributed by atoms with Gasteiger partial charge in [0.15, 0.2) is 11.5 Å². The summed E-state index contributed by atoms with van der Waals surface area (Å²) in [5, 5.41) is 0. The predicted molar refractivity (Wildman–Crippen MR) is 127 cm³/mol. The molecule has 2 aromatic carbocycles. The monoisotopic (exact) mass is 473 g/mol. The molecule has 0 atom stereocenters. The van der Waals surface area contributed by atoms with Crippen molar-refractivity contribution in [3.63, 3.8) is 0 Å². The van der Waals surface area contributed by atoms with Crippen molar-refractivity contribution in [3.8, 4) is 11.5 Å². The smallest absolute Gasteiger partial charge is 0.232 e. The van der Waals surface area contributed by atoms with Crippen LogP contribution in [0.25, 0.3) is 0 Å². The van der Waals surface area contributed by atoms with Gasteiger partial charge in [-0.2, -0.15) is 0 Å². The molecule has 2 aliphatic heterocycles. The zero-order valence-electron chi connectivity index (χ0n) is 19.2. The van der Waals surface area contributed by atoms with E-state index >= 15 is 0 Å². The van der Waals surface area contributed by atoms with E-state index in [-0.39, 0.29) is 19.2 Å². The van der Waals surface area contributed by atoms with Gasteiger partial charge in [0.25, 0.3) is 0 Å². The number of anilines is 1. The molecule has 0 unspecified atom stereocenters. The van der Waals surface area contributed by atoms with Crippen LogP contribution < -0.4 is 13.8 Å². The molecule has 178 valence electrons. The van der Waals surface area contributed by atoms with Gasteiger partial charge in [0.2, 0.25) is 22.7 Å². The molecule has 0 saturated carbocycles. The lowest BCUT2D eigenvalue weighted by atomic mass is 10.1. The highest BCUT2D eigenvalue weighted by Crippen LogP contribution is 2.32. The number of hydrogen-bond acceptors (Lipinski definition) is 6. The zero-order valence-corrected chi connectivity index (χ0v) is 20.0. The van der Waals surface area contributed by atoms with Crippen molar-refractivity contribution in [2.75, 3.05) is 50.1 Å². The van der Waals surface area contributed by atoms with Gasteiger partial charge in [0.1, 0.15) is 0 Å². The molecule has 2 heterocycles. The standard InChI is InChI=1S/C24H31N3O5S/c1-19-5-3-6-21(15-19)27(33(2,29)30)10-4-7-24(28)26-13-11-25(12-14-26)17-20-8-9-22-23(16-20)32-18-31-22/h3,5-6,8-9,15-16H,4,7,10-14,17-18H2,1-2H3. The van der Waals surface area contributed by atoms with Crippen LogP contribution in [0.3, 0.4) is 0 Å². The molecule has 33 heavy (non-hydrogen) atoms. The van der Waals surface area contributed by atoms with Gasteiger partial charge in [-0.05, 0) is 48.7 Å². The molecule has 0 aromatic heterocycles. The zero-order chi connectivity index (χ0) is 23.4. The Balaban J connectivity index is 1.24. The molecule has 0 N–H and O–H groups in total. The lowest BCUT2D eigenvalue weighted by molar-refractivity contribution is -0.133. The third kappa shape index (κ3) is 5.97. The van der Waals surface area contributed by atoms with Crippen molar-refractivity contribution in [3.05, 3.63) is 53.6 Å². The van der Waals surface area contributed by atoms with Gasteiger partial charge in [0.05, 0.1) is 11.9 Å². The first kappa shape index (κ1) is 23.4. The van der Waals surface area contributed by atoms with Gasteiger partial charge in [-0.1, -0.05) is 18.2 Å². The van der Waals surface area contributed by atoms with Crippen LogP contribution in [0.1, 0.15) is 24.0 Å². The number of sulfonamides is 1. The summed E-state index contributed by atoms with van der Waals surface area (Å²) in [6.45, 7) is 6.26.